The molecule has 2 aromatic rings. The SMILES string of the molecule is Cc1noc(C)c1-c1nc(C)c(CCO)c(=O)[nH]1. The smallest absolute Gasteiger partial charge is 0.254 e. The quantitative estimate of drug-likeness (QED) is 0.842. The Kier molecular flexibility index (Phi) is 3.29. The molecule has 6 nitrogen and oxygen atoms in total. The molecule has 0 aliphatic rings. The Labute approximate surface area is 104 Å². The molecular formula is C12H15N3O3. The number of nitrogens with zero attached hydrogens (tertiary/aromatic N) is 2. The van der Waals surface area contributed by atoms with E-state index >= 15 is 0 Å². The number of aromatic amines is 1. The van der Waals surface area contributed by atoms with Crippen molar-refractivity contribution in [3.8, 4) is 11.4 Å². The van der Waals surface area contributed by atoms with Crippen molar-refractivity contribution in [2.24, 2.45) is 0 Å². The normalized spacial score (nSPS) is 10.9. The lowest BCUT2D eigenvalue weighted by Crippen LogP contribution is -2.18. The lowest BCUT2D eigenvalue weighted by molar-refractivity contribution is 0.298. The Balaban J connectivity index is 2.59. The molecule has 2 N–H and O–H groups in total. The van der Waals surface area contributed by atoms with Crippen molar-refractivity contribution < 1.29 is 9.63 Å². The maximum Gasteiger partial charge on any atom is 0.254 e. The summed E-state index contributed by atoms with van der Waals surface area (Å²) >= 11 is 0. The van der Waals surface area contributed by atoms with Gasteiger partial charge in [-0.15, -0.1) is 0 Å². The standard InChI is InChI=1S/C12H15N3O3/c1-6-9(4-5-16)12(17)14-11(13-6)10-7(2)15-18-8(10)3/h16H,4-5H2,1-3H3,(H,13,14,17). The fraction of sp³-hybridized carbons (Fsp3) is 0.417. The summed E-state index contributed by atoms with van der Waals surface area (Å²) in [6, 6.07) is 0. The van der Waals surface area contributed by atoms with Crippen molar-refractivity contribution in [2.75, 3.05) is 6.61 Å². The van der Waals surface area contributed by atoms with Gasteiger partial charge in [0, 0.05) is 24.3 Å². The van der Waals surface area contributed by atoms with Crippen LogP contribution in [-0.4, -0.2) is 26.8 Å². The lowest BCUT2D eigenvalue weighted by Gasteiger charge is -2.05. The second-order valence-corrected chi connectivity index (χ2v) is 4.15. The number of H-pyrrole nitrogens is 1. The van der Waals surface area contributed by atoms with Crippen LogP contribution in [0.2, 0.25) is 0 Å². The van der Waals surface area contributed by atoms with Crippen molar-refractivity contribution in [3.05, 3.63) is 33.1 Å². The molecule has 0 radical (unpaired) electrons. The molecule has 0 saturated carbocycles. The Morgan fingerprint density at radius 1 is 1.28 bits per heavy atom. The number of aryl methyl sites for hydroxylation is 3. The molecule has 0 amide bonds. The van der Waals surface area contributed by atoms with E-state index in [1.807, 2.05) is 0 Å². The van der Waals surface area contributed by atoms with Crippen LogP contribution in [0.5, 0.6) is 0 Å². The van der Waals surface area contributed by atoms with Crippen LogP contribution >= 0.6 is 0 Å². The fourth-order valence-corrected chi connectivity index (χ4v) is 1.96. The largest absolute Gasteiger partial charge is 0.396 e. The molecule has 0 unspecified atom stereocenters. The number of aliphatic hydroxyl groups is 1. The Bertz CT molecular complexity index is 608. The topological polar surface area (TPSA) is 92.0 Å². The van der Waals surface area contributed by atoms with Crippen molar-refractivity contribution in [1.82, 2.24) is 15.1 Å². The van der Waals surface area contributed by atoms with Gasteiger partial charge in [-0.2, -0.15) is 0 Å². The summed E-state index contributed by atoms with van der Waals surface area (Å²) in [6.07, 6.45) is 0.302. The van der Waals surface area contributed by atoms with Gasteiger partial charge in [0.15, 0.2) is 0 Å². The zero-order chi connectivity index (χ0) is 13.3. The number of nitrogens with one attached hydrogen (secondary N) is 1. The van der Waals surface area contributed by atoms with Crippen LogP contribution in [0.1, 0.15) is 22.7 Å². The first-order chi connectivity index (χ1) is 8.54. The molecule has 0 aromatic carbocycles. The van der Waals surface area contributed by atoms with E-state index < -0.39 is 0 Å². The van der Waals surface area contributed by atoms with Crippen LogP contribution in [0, 0.1) is 20.8 Å². The maximum absolute atomic E-state index is 11.9. The van der Waals surface area contributed by atoms with Crippen molar-refractivity contribution in [1.29, 1.82) is 0 Å². The van der Waals surface area contributed by atoms with Crippen molar-refractivity contribution in [3.63, 3.8) is 0 Å². The third kappa shape index (κ3) is 2.06. The molecule has 2 aromatic heterocycles. The average molecular weight is 249 g/mol. The number of hydrogen-bond acceptors (Lipinski definition) is 5. The first-order valence-electron chi connectivity index (χ1n) is 5.68. The van der Waals surface area contributed by atoms with Gasteiger partial charge in [0.05, 0.1) is 11.3 Å². The summed E-state index contributed by atoms with van der Waals surface area (Å²) in [6.45, 7) is 5.24. The zero-order valence-electron chi connectivity index (χ0n) is 10.6. The first kappa shape index (κ1) is 12.5. The molecule has 0 spiro atoms. The number of aromatic nitrogens is 3. The Morgan fingerprint density at radius 3 is 2.50 bits per heavy atom. The minimum absolute atomic E-state index is 0.0731. The molecule has 18 heavy (non-hydrogen) atoms. The summed E-state index contributed by atoms with van der Waals surface area (Å²) in [7, 11) is 0. The van der Waals surface area contributed by atoms with Gasteiger partial charge in [0.25, 0.3) is 5.56 Å². The van der Waals surface area contributed by atoms with Gasteiger partial charge in [0.2, 0.25) is 0 Å². The summed E-state index contributed by atoms with van der Waals surface area (Å²) in [5, 5.41) is 12.7. The highest BCUT2D eigenvalue weighted by Gasteiger charge is 2.16. The minimum atomic E-state index is -0.230. The van der Waals surface area contributed by atoms with Gasteiger partial charge in [-0.1, -0.05) is 5.16 Å². The van der Waals surface area contributed by atoms with E-state index in [9.17, 15) is 4.79 Å². The second-order valence-electron chi connectivity index (χ2n) is 4.15. The molecule has 96 valence electrons. The highest BCUT2D eigenvalue weighted by Crippen LogP contribution is 2.22. The molecule has 6 heteroatoms. The van der Waals surface area contributed by atoms with E-state index in [-0.39, 0.29) is 12.2 Å². The van der Waals surface area contributed by atoms with Gasteiger partial charge in [-0.3, -0.25) is 4.79 Å². The van der Waals surface area contributed by atoms with E-state index in [0.29, 0.717) is 40.5 Å². The molecule has 2 heterocycles. The van der Waals surface area contributed by atoms with Crippen molar-refractivity contribution >= 4 is 0 Å². The second kappa shape index (κ2) is 4.73. The van der Waals surface area contributed by atoms with Gasteiger partial charge < -0.3 is 14.6 Å². The van der Waals surface area contributed by atoms with Crippen molar-refractivity contribution in [2.45, 2.75) is 27.2 Å². The predicted molar refractivity (Wildman–Crippen MR) is 65.4 cm³/mol. The summed E-state index contributed by atoms with van der Waals surface area (Å²) in [5.74, 6) is 1.07. The third-order valence-corrected chi connectivity index (χ3v) is 2.85. The molecular weight excluding hydrogens is 234 g/mol. The lowest BCUT2D eigenvalue weighted by atomic mass is 10.1. The third-order valence-electron chi connectivity index (χ3n) is 2.85. The van der Waals surface area contributed by atoms with Crippen LogP contribution < -0.4 is 5.56 Å². The number of rotatable bonds is 3. The average Bonchev–Trinajstić information content (AvgIpc) is 2.63. The van der Waals surface area contributed by atoms with Gasteiger partial charge in [-0.25, -0.2) is 4.98 Å². The molecule has 0 fully saturated rings. The monoisotopic (exact) mass is 249 g/mol. The Hall–Kier alpha value is -1.95. The van der Waals surface area contributed by atoms with Crippen LogP contribution in [0.15, 0.2) is 9.32 Å². The summed E-state index contributed by atoms with van der Waals surface area (Å²) in [4.78, 5) is 19.0. The minimum Gasteiger partial charge on any atom is -0.396 e. The number of aliphatic hydroxyl groups excluding tert-OH is 1. The summed E-state index contributed by atoms with van der Waals surface area (Å²) < 4.78 is 5.06. The molecule has 2 rings (SSSR count). The van der Waals surface area contributed by atoms with E-state index in [4.69, 9.17) is 9.63 Å². The fourth-order valence-electron chi connectivity index (χ4n) is 1.96. The molecule has 0 saturated heterocycles. The predicted octanol–water partition coefficient (Wildman–Crippen LogP) is 0.885. The van der Waals surface area contributed by atoms with Crippen LogP contribution in [0.3, 0.4) is 0 Å². The maximum atomic E-state index is 11.9. The summed E-state index contributed by atoms with van der Waals surface area (Å²) in [5.41, 5.74) is 2.29. The highest BCUT2D eigenvalue weighted by molar-refractivity contribution is 5.60. The number of hydrogen-bond donors (Lipinski definition) is 2. The van der Waals surface area contributed by atoms with Gasteiger partial charge in [0.1, 0.15) is 11.6 Å². The van der Waals surface area contributed by atoms with Crippen LogP contribution in [-0.2, 0) is 6.42 Å². The molecule has 0 aliphatic carbocycles. The van der Waals surface area contributed by atoms with E-state index in [2.05, 4.69) is 15.1 Å². The van der Waals surface area contributed by atoms with Gasteiger partial charge >= 0.3 is 0 Å². The van der Waals surface area contributed by atoms with E-state index in [1.54, 1.807) is 20.8 Å². The van der Waals surface area contributed by atoms with Crippen LogP contribution in [0.25, 0.3) is 11.4 Å². The Morgan fingerprint density at radius 2 is 2.00 bits per heavy atom. The molecule has 0 aliphatic heterocycles. The molecule has 0 atom stereocenters. The first-order valence-corrected chi connectivity index (χ1v) is 5.68. The molecule has 0 bridgehead atoms. The zero-order valence-corrected chi connectivity index (χ0v) is 10.6. The van der Waals surface area contributed by atoms with Crippen LogP contribution in [0.4, 0.5) is 0 Å². The van der Waals surface area contributed by atoms with Gasteiger partial charge in [-0.05, 0) is 20.8 Å². The van der Waals surface area contributed by atoms with E-state index in [0.717, 1.165) is 0 Å². The van der Waals surface area contributed by atoms with E-state index in [1.165, 1.54) is 0 Å². The highest BCUT2D eigenvalue weighted by atomic mass is 16.5.